The van der Waals surface area contributed by atoms with Gasteiger partial charge in [0.1, 0.15) is 0 Å². The minimum atomic E-state index is -4.37. The van der Waals surface area contributed by atoms with Gasteiger partial charge in [0.05, 0.1) is 6.42 Å². The fraction of sp³-hybridized carbons (Fsp3) is 0.429. The highest BCUT2D eigenvalue weighted by Crippen LogP contribution is 2.36. The SMILES string of the molecule is O=C(O)CC1CCCN1C(=O)c1ccc(SC(F)(F)F)cc1. The Hall–Kier alpha value is -1.70. The van der Waals surface area contributed by atoms with Crippen LogP contribution in [0.5, 0.6) is 0 Å². The van der Waals surface area contributed by atoms with E-state index in [4.69, 9.17) is 5.11 Å². The summed E-state index contributed by atoms with van der Waals surface area (Å²) in [7, 11) is 0. The zero-order chi connectivity index (χ0) is 16.3. The van der Waals surface area contributed by atoms with Crippen molar-refractivity contribution in [1.29, 1.82) is 0 Å². The first kappa shape index (κ1) is 16.7. The summed E-state index contributed by atoms with van der Waals surface area (Å²) in [4.78, 5) is 24.6. The summed E-state index contributed by atoms with van der Waals surface area (Å²) in [5.41, 5.74) is -4.10. The summed E-state index contributed by atoms with van der Waals surface area (Å²) in [6.45, 7) is 0.468. The Morgan fingerprint density at radius 2 is 1.91 bits per heavy atom. The maximum Gasteiger partial charge on any atom is 0.446 e. The Labute approximate surface area is 129 Å². The summed E-state index contributed by atoms with van der Waals surface area (Å²) in [6.07, 6.45) is 1.24. The second-order valence-corrected chi connectivity index (χ2v) is 6.10. The molecule has 1 aromatic rings. The number of hydrogen-bond acceptors (Lipinski definition) is 3. The molecule has 1 aliphatic heterocycles. The summed E-state index contributed by atoms with van der Waals surface area (Å²) in [5, 5.41) is 8.84. The number of aliphatic carboxylic acids is 1. The molecule has 1 N–H and O–H groups in total. The number of alkyl halides is 3. The molecule has 4 nitrogen and oxygen atoms in total. The second kappa shape index (κ2) is 6.60. The molecule has 0 aliphatic carbocycles. The van der Waals surface area contributed by atoms with Crippen molar-refractivity contribution in [2.75, 3.05) is 6.54 Å². The number of carbonyl (C=O) groups is 2. The van der Waals surface area contributed by atoms with Gasteiger partial charge in [-0.1, -0.05) is 0 Å². The van der Waals surface area contributed by atoms with E-state index in [1.54, 1.807) is 0 Å². The molecule has 8 heteroatoms. The van der Waals surface area contributed by atoms with Gasteiger partial charge in [-0.2, -0.15) is 13.2 Å². The molecule has 1 saturated heterocycles. The molecule has 1 amide bonds. The Kier molecular flexibility index (Phi) is 5.00. The van der Waals surface area contributed by atoms with Gasteiger partial charge >= 0.3 is 11.5 Å². The van der Waals surface area contributed by atoms with Gasteiger partial charge < -0.3 is 10.0 Å². The van der Waals surface area contributed by atoms with E-state index in [0.717, 1.165) is 6.42 Å². The van der Waals surface area contributed by atoms with E-state index in [1.807, 2.05) is 0 Å². The van der Waals surface area contributed by atoms with Crippen molar-refractivity contribution in [1.82, 2.24) is 4.90 Å². The predicted octanol–water partition coefficient (Wildman–Crippen LogP) is 3.38. The quantitative estimate of drug-likeness (QED) is 0.858. The largest absolute Gasteiger partial charge is 0.481 e. The molecule has 1 heterocycles. The van der Waals surface area contributed by atoms with Crippen LogP contribution in [0.25, 0.3) is 0 Å². The summed E-state index contributed by atoms with van der Waals surface area (Å²) in [5.74, 6) is -1.31. The molecular weight excluding hydrogens is 319 g/mol. The molecule has 1 aromatic carbocycles. The van der Waals surface area contributed by atoms with E-state index < -0.39 is 11.5 Å². The first-order valence-corrected chi connectivity index (χ1v) is 7.46. The van der Waals surface area contributed by atoms with Gasteiger partial charge in [-0.15, -0.1) is 0 Å². The van der Waals surface area contributed by atoms with E-state index in [-0.39, 0.29) is 40.6 Å². The van der Waals surface area contributed by atoms with E-state index in [2.05, 4.69) is 0 Å². The Morgan fingerprint density at radius 1 is 1.27 bits per heavy atom. The number of thioether (sulfide) groups is 1. The highest BCUT2D eigenvalue weighted by atomic mass is 32.2. The molecular formula is C14H14F3NO3S. The highest BCUT2D eigenvalue weighted by Gasteiger charge is 2.32. The van der Waals surface area contributed by atoms with E-state index in [1.165, 1.54) is 29.2 Å². The van der Waals surface area contributed by atoms with Gasteiger partial charge in [-0.25, -0.2) is 0 Å². The first-order chi connectivity index (χ1) is 10.3. The van der Waals surface area contributed by atoms with Crippen molar-refractivity contribution >= 4 is 23.6 Å². The molecule has 1 aliphatic rings. The molecule has 1 unspecified atom stereocenters. The first-order valence-electron chi connectivity index (χ1n) is 6.65. The Balaban J connectivity index is 2.07. The Morgan fingerprint density at radius 3 is 2.45 bits per heavy atom. The van der Waals surface area contributed by atoms with Gasteiger partial charge in [0.15, 0.2) is 0 Å². The molecule has 1 atom stereocenters. The lowest BCUT2D eigenvalue weighted by Crippen LogP contribution is -2.36. The minimum Gasteiger partial charge on any atom is -0.481 e. The van der Waals surface area contributed by atoms with Crippen molar-refractivity contribution in [3.8, 4) is 0 Å². The van der Waals surface area contributed by atoms with E-state index in [9.17, 15) is 22.8 Å². The fourth-order valence-electron chi connectivity index (χ4n) is 2.48. The van der Waals surface area contributed by atoms with Gasteiger partial charge in [0.2, 0.25) is 0 Å². The highest BCUT2D eigenvalue weighted by molar-refractivity contribution is 8.00. The third kappa shape index (κ3) is 4.40. The maximum absolute atomic E-state index is 12.3. The molecule has 2 rings (SSSR count). The number of nitrogens with zero attached hydrogens (tertiary/aromatic N) is 1. The lowest BCUT2D eigenvalue weighted by molar-refractivity contribution is -0.137. The molecule has 0 radical (unpaired) electrons. The van der Waals surface area contributed by atoms with Crippen LogP contribution >= 0.6 is 11.8 Å². The van der Waals surface area contributed by atoms with Crippen LogP contribution in [0.1, 0.15) is 29.6 Å². The van der Waals surface area contributed by atoms with Crippen molar-refractivity contribution < 1.29 is 27.9 Å². The number of carbonyl (C=O) groups excluding carboxylic acids is 1. The monoisotopic (exact) mass is 333 g/mol. The van der Waals surface area contributed by atoms with Crippen molar-refractivity contribution in [3.05, 3.63) is 29.8 Å². The Bertz CT molecular complexity index is 559. The standard InChI is InChI=1S/C14H14F3NO3S/c15-14(16,17)22-11-5-3-9(4-6-11)13(21)18-7-1-2-10(18)8-12(19)20/h3-6,10H,1-2,7-8H2,(H,19,20). The van der Waals surface area contributed by atoms with Crippen LogP contribution < -0.4 is 0 Å². The predicted molar refractivity (Wildman–Crippen MR) is 74.7 cm³/mol. The third-order valence-electron chi connectivity index (χ3n) is 3.38. The molecule has 0 saturated carbocycles. The summed E-state index contributed by atoms with van der Waals surface area (Å²) < 4.78 is 36.8. The molecule has 0 aromatic heterocycles. The number of likely N-dealkylation sites (tertiary alicyclic amines) is 1. The number of hydrogen-bond donors (Lipinski definition) is 1. The average molecular weight is 333 g/mol. The number of benzene rings is 1. The summed E-state index contributed by atoms with van der Waals surface area (Å²) in [6, 6.07) is 4.81. The summed E-state index contributed by atoms with van der Waals surface area (Å²) >= 11 is -0.240. The van der Waals surface area contributed by atoms with Crippen molar-refractivity contribution in [3.63, 3.8) is 0 Å². The topological polar surface area (TPSA) is 57.6 Å². The second-order valence-electron chi connectivity index (χ2n) is 4.96. The molecule has 0 bridgehead atoms. The van der Waals surface area contributed by atoms with E-state index in [0.29, 0.717) is 13.0 Å². The van der Waals surface area contributed by atoms with Crippen LogP contribution in [0, 0.1) is 0 Å². The third-order valence-corrected chi connectivity index (χ3v) is 4.12. The number of carboxylic acids is 1. The van der Waals surface area contributed by atoms with Crippen molar-refractivity contribution in [2.45, 2.75) is 35.7 Å². The lowest BCUT2D eigenvalue weighted by atomic mass is 10.1. The van der Waals surface area contributed by atoms with E-state index >= 15 is 0 Å². The molecule has 0 spiro atoms. The molecule has 22 heavy (non-hydrogen) atoms. The average Bonchev–Trinajstić information content (AvgIpc) is 2.84. The van der Waals surface area contributed by atoms with Crippen LogP contribution in [0.3, 0.4) is 0 Å². The van der Waals surface area contributed by atoms with Crippen molar-refractivity contribution in [2.24, 2.45) is 0 Å². The normalized spacial score (nSPS) is 18.5. The zero-order valence-electron chi connectivity index (χ0n) is 11.5. The maximum atomic E-state index is 12.3. The number of amides is 1. The van der Waals surface area contributed by atoms with Gasteiger partial charge in [-0.3, -0.25) is 9.59 Å². The van der Waals surface area contributed by atoms with Crippen LogP contribution in [-0.4, -0.2) is 40.0 Å². The van der Waals surface area contributed by atoms with Crippen LogP contribution in [0.2, 0.25) is 0 Å². The smallest absolute Gasteiger partial charge is 0.446 e. The van der Waals surface area contributed by atoms with Crippen LogP contribution in [-0.2, 0) is 4.79 Å². The van der Waals surface area contributed by atoms with Gasteiger partial charge in [0, 0.05) is 23.0 Å². The lowest BCUT2D eigenvalue weighted by Gasteiger charge is -2.23. The van der Waals surface area contributed by atoms with Gasteiger partial charge in [-0.05, 0) is 48.9 Å². The van der Waals surface area contributed by atoms with Gasteiger partial charge in [0.25, 0.3) is 5.91 Å². The number of halogens is 3. The minimum absolute atomic E-state index is 0.00700. The number of rotatable bonds is 4. The molecule has 120 valence electrons. The number of carboxylic acid groups (broad SMARTS) is 1. The fourth-order valence-corrected chi connectivity index (χ4v) is 3.02. The van der Waals surface area contributed by atoms with Crippen LogP contribution in [0.4, 0.5) is 13.2 Å². The van der Waals surface area contributed by atoms with Crippen LogP contribution in [0.15, 0.2) is 29.2 Å². The zero-order valence-corrected chi connectivity index (χ0v) is 12.3. The molecule has 1 fully saturated rings.